The molecule has 0 saturated heterocycles. The number of hydrogen-bond donors (Lipinski definition) is 2. The molecular formula is C15H18Cl2N4OS. The maximum atomic E-state index is 5.81. The summed E-state index contributed by atoms with van der Waals surface area (Å²) in [5, 5.41) is 4.16. The van der Waals surface area contributed by atoms with Crippen LogP contribution in [0.2, 0.25) is 0 Å². The van der Waals surface area contributed by atoms with Gasteiger partial charge in [-0.1, -0.05) is 23.5 Å². The van der Waals surface area contributed by atoms with Crippen molar-refractivity contribution >= 4 is 52.7 Å². The van der Waals surface area contributed by atoms with Crippen molar-refractivity contribution in [2.45, 2.75) is 6.92 Å². The molecule has 5 N–H and O–H groups in total. The van der Waals surface area contributed by atoms with Crippen LogP contribution in [0, 0.1) is 6.92 Å². The van der Waals surface area contributed by atoms with Crippen molar-refractivity contribution in [2.24, 2.45) is 0 Å². The van der Waals surface area contributed by atoms with Gasteiger partial charge in [0.15, 0.2) is 5.13 Å². The zero-order chi connectivity index (χ0) is 13.9. The maximum Gasteiger partial charge on any atom is 0.187 e. The van der Waals surface area contributed by atoms with Crippen molar-refractivity contribution in [1.82, 2.24) is 9.97 Å². The molecule has 0 aliphatic rings. The molecule has 5 nitrogen and oxygen atoms in total. The third kappa shape index (κ3) is 5.07. The van der Waals surface area contributed by atoms with Crippen LogP contribution in [0.3, 0.4) is 0 Å². The first kappa shape index (κ1) is 21.1. The van der Waals surface area contributed by atoms with Crippen LogP contribution in [0.15, 0.2) is 48.9 Å². The first-order valence-corrected chi connectivity index (χ1v) is 7.03. The molecule has 3 aromatic rings. The summed E-state index contributed by atoms with van der Waals surface area (Å²) in [7, 11) is 0. The first-order chi connectivity index (χ1) is 9.72. The minimum Gasteiger partial charge on any atom is -0.412 e. The smallest absolute Gasteiger partial charge is 0.187 e. The number of halogens is 2. The van der Waals surface area contributed by atoms with Gasteiger partial charge in [-0.15, -0.1) is 24.8 Å². The number of thiazole rings is 1. The van der Waals surface area contributed by atoms with E-state index in [1.54, 1.807) is 17.5 Å². The average Bonchev–Trinajstić information content (AvgIpc) is 2.92. The van der Waals surface area contributed by atoms with E-state index in [-0.39, 0.29) is 30.3 Å². The summed E-state index contributed by atoms with van der Waals surface area (Å²) in [6.07, 6.45) is 5.45. The predicted molar refractivity (Wildman–Crippen MR) is 102 cm³/mol. The molecule has 3 rings (SSSR count). The van der Waals surface area contributed by atoms with E-state index in [1.165, 1.54) is 0 Å². The van der Waals surface area contributed by atoms with Gasteiger partial charge in [0.25, 0.3) is 0 Å². The lowest BCUT2D eigenvalue weighted by Gasteiger charge is -2.07. The van der Waals surface area contributed by atoms with E-state index in [0.29, 0.717) is 0 Å². The van der Waals surface area contributed by atoms with Crippen molar-refractivity contribution in [3.8, 4) is 10.4 Å². The minimum atomic E-state index is 0. The molecule has 0 unspecified atom stereocenters. The van der Waals surface area contributed by atoms with Crippen LogP contribution in [0.5, 0.6) is 0 Å². The molecule has 0 atom stereocenters. The largest absolute Gasteiger partial charge is 0.412 e. The molecule has 0 aliphatic heterocycles. The minimum absolute atomic E-state index is 0. The van der Waals surface area contributed by atoms with Gasteiger partial charge in [0.2, 0.25) is 0 Å². The van der Waals surface area contributed by atoms with Gasteiger partial charge in [-0.3, -0.25) is 4.98 Å². The van der Waals surface area contributed by atoms with Crippen LogP contribution < -0.4 is 11.1 Å². The lowest BCUT2D eigenvalue weighted by molar-refractivity contribution is 0.824. The highest BCUT2D eigenvalue weighted by molar-refractivity contribution is 7.18. The summed E-state index contributed by atoms with van der Waals surface area (Å²) in [6, 6.07) is 9.75. The lowest BCUT2D eigenvalue weighted by Crippen LogP contribution is -1.94. The fourth-order valence-corrected chi connectivity index (χ4v) is 2.68. The normalized spacial score (nSPS) is 9.09. The second kappa shape index (κ2) is 9.32. The number of rotatable bonds is 3. The summed E-state index contributed by atoms with van der Waals surface area (Å²) < 4.78 is 0. The van der Waals surface area contributed by atoms with Gasteiger partial charge in [-0.25, -0.2) is 4.98 Å². The SMILES string of the molecule is Cc1ccc(N)cc1Nc1ncc(-c2cccnc2)s1.Cl.Cl.O. The van der Waals surface area contributed by atoms with Crippen molar-refractivity contribution in [1.29, 1.82) is 0 Å². The lowest BCUT2D eigenvalue weighted by atomic mass is 10.2. The number of aryl methyl sites for hydroxylation is 1. The molecule has 2 heterocycles. The molecule has 8 heteroatoms. The van der Waals surface area contributed by atoms with Gasteiger partial charge in [0.1, 0.15) is 0 Å². The van der Waals surface area contributed by atoms with E-state index in [2.05, 4.69) is 15.3 Å². The molecule has 0 aliphatic carbocycles. The number of nitrogen functional groups attached to an aromatic ring is 1. The van der Waals surface area contributed by atoms with Gasteiger partial charge < -0.3 is 16.5 Å². The van der Waals surface area contributed by atoms with Crippen LogP contribution >= 0.6 is 36.2 Å². The van der Waals surface area contributed by atoms with Crippen LogP contribution in [-0.4, -0.2) is 15.4 Å². The Morgan fingerprint density at radius 1 is 1.13 bits per heavy atom. The average molecular weight is 373 g/mol. The van der Waals surface area contributed by atoms with E-state index in [0.717, 1.165) is 32.5 Å². The van der Waals surface area contributed by atoms with Gasteiger partial charge in [0, 0.05) is 35.5 Å². The molecule has 124 valence electrons. The Morgan fingerprint density at radius 2 is 1.91 bits per heavy atom. The summed E-state index contributed by atoms with van der Waals surface area (Å²) in [6.45, 7) is 2.04. The predicted octanol–water partition coefficient (Wildman–Crippen LogP) is 3.86. The Balaban J connectivity index is 0.00000161. The van der Waals surface area contributed by atoms with Crippen LogP contribution in [0.1, 0.15) is 5.56 Å². The number of nitrogens with two attached hydrogens (primary N) is 1. The fourth-order valence-electron chi connectivity index (χ4n) is 1.86. The topological polar surface area (TPSA) is 95.3 Å². The molecule has 0 spiro atoms. The zero-order valence-electron chi connectivity index (χ0n) is 12.3. The van der Waals surface area contributed by atoms with E-state index in [9.17, 15) is 0 Å². The summed E-state index contributed by atoms with van der Waals surface area (Å²) >= 11 is 1.59. The maximum absolute atomic E-state index is 5.81. The monoisotopic (exact) mass is 372 g/mol. The summed E-state index contributed by atoms with van der Waals surface area (Å²) in [5.41, 5.74) is 9.74. The Bertz CT molecular complexity index is 737. The number of nitrogens with one attached hydrogen (secondary N) is 1. The van der Waals surface area contributed by atoms with Gasteiger partial charge in [-0.05, 0) is 30.7 Å². The quantitative estimate of drug-likeness (QED) is 0.682. The molecule has 0 radical (unpaired) electrons. The molecule has 0 fully saturated rings. The third-order valence-corrected chi connectivity index (χ3v) is 3.92. The number of benzene rings is 1. The zero-order valence-corrected chi connectivity index (χ0v) is 14.8. The highest BCUT2D eigenvalue weighted by Gasteiger charge is 2.06. The van der Waals surface area contributed by atoms with E-state index in [4.69, 9.17) is 5.73 Å². The first-order valence-electron chi connectivity index (χ1n) is 6.22. The van der Waals surface area contributed by atoms with E-state index in [1.807, 2.05) is 49.6 Å². The number of aromatic nitrogens is 2. The number of hydrogen-bond acceptors (Lipinski definition) is 5. The van der Waals surface area contributed by atoms with Crippen molar-refractivity contribution in [3.05, 3.63) is 54.5 Å². The van der Waals surface area contributed by atoms with E-state index < -0.39 is 0 Å². The number of anilines is 3. The Kier molecular flexibility index (Phi) is 8.56. The van der Waals surface area contributed by atoms with Crippen molar-refractivity contribution in [2.75, 3.05) is 11.1 Å². The molecule has 1 aromatic carbocycles. The van der Waals surface area contributed by atoms with Gasteiger partial charge >= 0.3 is 0 Å². The summed E-state index contributed by atoms with van der Waals surface area (Å²) in [4.78, 5) is 9.60. The molecule has 23 heavy (non-hydrogen) atoms. The second-order valence-corrected chi connectivity index (χ2v) is 5.50. The molecule has 0 saturated carbocycles. The standard InChI is InChI=1S/C15H14N4S.2ClH.H2O/c1-10-4-5-12(16)7-13(10)19-15-18-9-14(20-15)11-3-2-6-17-8-11;;;/h2-9H,16H2,1H3,(H,18,19);2*1H;1H2. The fraction of sp³-hybridized carbons (Fsp3) is 0.0667. The Morgan fingerprint density at radius 3 is 2.61 bits per heavy atom. The number of nitrogens with zero attached hydrogens (tertiary/aromatic N) is 2. The van der Waals surface area contributed by atoms with Crippen molar-refractivity contribution < 1.29 is 5.48 Å². The summed E-state index contributed by atoms with van der Waals surface area (Å²) in [5.74, 6) is 0. The molecular weight excluding hydrogens is 355 g/mol. The highest BCUT2D eigenvalue weighted by Crippen LogP contribution is 2.31. The Labute approximate surface area is 151 Å². The second-order valence-electron chi connectivity index (χ2n) is 4.47. The van der Waals surface area contributed by atoms with Gasteiger partial charge in [0.05, 0.1) is 4.88 Å². The highest BCUT2D eigenvalue weighted by atomic mass is 35.5. The van der Waals surface area contributed by atoms with Crippen LogP contribution in [0.4, 0.5) is 16.5 Å². The third-order valence-electron chi connectivity index (χ3n) is 2.95. The van der Waals surface area contributed by atoms with Crippen LogP contribution in [-0.2, 0) is 0 Å². The van der Waals surface area contributed by atoms with Gasteiger partial charge in [-0.2, -0.15) is 0 Å². The van der Waals surface area contributed by atoms with E-state index >= 15 is 0 Å². The number of pyridine rings is 1. The van der Waals surface area contributed by atoms with Crippen LogP contribution in [0.25, 0.3) is 10.4 Å². The molecule has 0 bridgehead atoms. The van der Waals surface area contributed by atoms with Crippen molar-refractivity contribution in [3.63, 3.8) is 0 Å². The Hall–Kier alpha value is -1.86. The molecule has 2 aromatic heterocycles. The molecule has 0 amide bonds.